The molecule has 0 unspecified atom stereocenters. The van der Waals surface area contributed by atoms with Crippen LogP contribution in [0.2, 0.25) is 0 Å². The number of piperidine rings is 1. The lowest BCUT2D eigenvalue weighted by Gasteiger charge is -2.34. The molecule has 1 aliphatic rings. The van der Waals surface area contributed by atoms with Crippen LogP contribution < -0.4 is 10.2 Å². The smallest absolute Gasteiger partial charge is 0.223 e. The summed E-state index contributed by atoms with van der Waals surface area (Å²) in [6, 6.07) is 0.251. The van der Waals surface area contributed by atoms with E-state index in [1.54, 1.807) is 11.8 Å². The van der Waals surface area contributed by atoms with Gasteiger partial charge in [0.2, 0.25) is 5.91 Å². The fourth-order valence-corrected chi connectivity index (χ4v) is 3.22. The minimum absolute atomic E-state index is 0.0822. The van der Waals surface area contributed by atoms with Gasteiger partial charge in [0.25, 0.3) is 0 Å². The Morgan fingerprint density at radius 2 is 2.45 bits per heavy atom. The largest absolute Gasteiger partial charge is 0.367 e. The third-order valence-corrected chi connectivity index (χ3v) is 4.52. The normalized spacial score (nSPS) is 20.8. The standard InChI is InChI=1S/C14H24N4OS/c1-11(10-20-3)14(19)16-12-5-4-6-18(8-12)13-7-15-17(2)9-13/h7,9,11-12H,4-6,8,10H2,1-3H3,(H,16,19)/t11-,12-/m1/s1. The molecule has 1 saturated heterocycles. The summed E-state index contributed by atoms with van der Waals surface area (Å²) in [7, 11) is 1.93. The van der Waals surface area contributed by atoms with Gasteiger partial charge in [0, 0.05) is 44.0 Å². The van der Waals surface area contributed by atoms with Crippen molar-refractivity contribution in [2.75, 3.05) is 30.0 Å². The first-order chi connectivity index (χ1) is 9.60. The van der Waals surface area contributed by atoms with Gasteiger partial charge in [-0.3, -0.25) is 9.48 Å². The van der Waals surface area contributed by atoms with Crippen molar-refractivity contribution in [1.82, 2.24) is 15.1 Å². The Kier molecular flexibility index (Phi) is 5.34. The Morgan fingerprint density at radius 1 is 1.65 bits per heavy atom. The number of carbonyl (C=O) groups is 1. The second-order valence-corrected chi connectivity index (χ2v) is 6.43. The third kappa shape index (κ3) is 3.91. The second kappa shape index (κ2) is 7.02. The summed E-state index contributed by atoms with van der Waals surface area (Å²) in [6.45, 7) is 3.91. The monoisotopic (exact) mass is 296 g/mol. The van der Waals surface area contributed by atoms with Crippen molar-refractivity contribution in [3.63, 3.8) is 0 Å². The van der Waals surface area contributed by atoms with E-state index in [4.69, 9.17) is 0 Å². The van der Waals surface area contributed by atoms with Crippen LogP contribution >= 0.6 is 11.8 Å². The number of nitrogens with one attached hydrogen (secondary N) is 1. The number of amides is 1. The number of aryl methyl sites for hydroxylation is 1. The Hall–Kier alpha value is -1.17. The number of carbonyl (C=O) groups excluding carboxylic acids is 1. The van der Waals surface area contributed by atoms with Crippen molar-refractivity contribution in [2.45, 2.75) is 25.8 Å². The van der Waals surface area contributed by atoms with Crippen molar-refractivity contribution in [3.05, 3.63) is 12.4 Å². The molecule has 0 spiro atoms. The molecular formula is C14H24N4OS. The van der Waals surface area contributed by atoms with Gasteiger partial charge in [-0.15, -0.1) is 0 Å². The minimum atomic E-state index is 0.0822. The molecule has 2 heterocycles. The van der Waals surface area contributed by atoms with Gasteiger partial charge in [-0.1, -0.05) is 6.92 Å². The van der Waals surface area contributed by atoms with Crippen molar-refractivity contribution >= 4 is 23.4 Å². The molecular weight excluding hydrogens is 272 g/mol. The second-order valence-electron chi connectivity index (χ2n) is 5.52. The van der Waals surface area contributed by atoms with E-state index in [1.807, 2.05) is 37.3 Å². The molecule has 1 aliphatic heterocycles. The van der Waals surface area contributed by atoms with E-state index >= 15 is 0 Å². The molecule has 0 aliphatic carbocycles. The van der Waals surface area contributed by atoms with Crippen molar-refractivity contribution in [3.8, 4) is 0 Å². The molecule has 1 N–H and O–H groups in total. The van der Waals surface area contributed by atoms with Crippen molar-refractivity contribution < 1.29 is 4.79 Å². The number of thioether (sulfide) groups is 1. The van der Waals surface area contributed by atoms with Crippen molar-refractivity contribution in [1.29, 1.82) is 0 Å². The maximum absolute atomic E-state index is 12.1. The maximum atomic E-state index is 12.1. The highest BCUT2D eigenvalue weighted by Crippen LogP contribution is 2.19. The van der Waals surface area contributed by atoms with Crippen LogP contribution in [0.15, 0.2) is 12.4 Å². The molecule has 1 fully saturated rings. The summed E-state index contributed by atoms with van der Waals surface area (Å²) in [5.41, 5.74) is 1.14. The number of anilines is 1. The predicted molar refractivity (Wildman–Crippen MR) is 84.1 cm³/mol. The Bertz CT molecular complexity index is 448. The molecule has 112 valence electrons. The molecule has 0 radical (unpaired) electrons. The molecule has 0 bridgehead atoms. The van der Waals surface area contributed by atoms with Gasteiger partial charge in [-0.05, 0) is 19.1 Å². The quantitative estimate of drug-likeness (QED) is 0.895. The molecule has 1 amide bonds. The van der Waals surface area contributed by atoms with Crippen LogP contribution in [-0.2, 0) is 11.8 Å². The molecule has 5 nitrogen and oxygen atoms in total. The van der Waals surface area contributed by atoms with Crippen LogP contribution in [0.25, 0.3) is 0 Å². The third-order valence-electron chi connectivity index (χ3n) is 3.69. The van der Waals surface area contributed by atoms with E-state index in [2.05, 4.69) is 15.3 Å². The molecule has 1 aromatic heterocycles. The Balaban J connectivity index is 1.89. The van der Waals surface area contributed by atoms with E-state index in [-0.39, 0.29) is 17.9 Å². The van der Waals surface area contributed by atoms with Crippen LogP contribution in [0.1, 0.15) is 19.8 Å². The van der Waals surface area contributed by atoms with Gasteiger partial charge in [0.05, 0.1) is 11.9 Å². The zero-order chi connectivity index (χ0) is 14.5. The summed E-state index contributed by atoms with van der Waals surface area (Å²) in [6.07, 6.45) is 8.13. The highest BCUT2D eigenvalue weighted by molar-refractivity contribution is 7.98. The fraction of sp³-hybridized carbons (Fsp3) is 0.714. The summed E-state index contributed by atoms with van der Waals surface area (Å²) in [5, 5.41) is 7.40. The zero-order valence-electron chi connectivity index (χ0n) is 12.5. The first-order valence-corrected chi connectivity index (χ1v) is 8.52. The minimum Gasteiger partial charge on any atom is -0.367 e. The van der Waals surface area contributed by atoms with Gasteiger partial charge < -0.3 is 10.2 Å². The van der Waals surface area contributed by atoms with Gasteiger partial charge in [0.15, 0.2) is 0 Å². The van der Waals surface area contributed by atoms with E-state index in [1.165, 1.54) is 0 Å². The average Bonchev–Trinajstić information content (AvgIpc) is 2.86. The first-order valence-electron chi connectivity index (χ1n) is 7.13. The molecule has 1 aromatic rings. The van der Waals surface area contributed by atoms with Gasteiger partial charge >= 0.3 is 0 Å². The predicted octanol–water partition coefficient (Wildman–Crippen LogP) is 1.50. The van der Waals surface area contributed by atoms with Crippen LogP contribution in [0.4, 0.5) is 5.69 Å². The topological polar surface area (TPSA) is 50.2 Å². The fourth-order valence-electron chi connectivity index (χ4n) is 2.57. The molecule has 2 atom stereocenters. The van der Waals surface area contributed by atoms with Crippen molar-refractivity contribution in [2.24, 2.45) is 13.0 Å². The van der Waals surface area contributed by atoms with E-state index in [0.29, 0.717) is 0 Å². The Morgan fingerprint density at radius 3 is 3.10 bits per heavy atom. The highest BCUT2D eigenvalue weighted by Gasteiger charge is 2.23. The summed E-state index contributed by atoms with van der Waals surface area (Å²) >= 11 is 1.72. The zero-order valence-corrected chi connectivity index (χ0v) is 13.3. The van der Waals surface area contributed by atoms with E-state index in [9.17, 15) is 4.79 Å². The molecule has 0 aromatic carbocycles. The lowest BCUT2D eigenvalue weighted by atomic mass is 10.0. The number of aromatic nitrogens is 2. The number of hydrogen-bond donors (Lipinski definition) is 1. The molecule has 0 saturated carbocycles. The van der Waals surface area contributed by atoms with Gasteiger partial charge in [0.1, 0.15) is 0 Å². The van der Waals surface area contributed by atoms with Crippen LogP contribution in [0.5, 0.6) is 0 Å². The van der Waals surface area contributed by atoms with Crippen LogP contribution in [0.3, 0.4) is 0 Å². The number of nitrogens with zero attached hydrogens (tertiary/aromatic N) is 3. The summed E-state index contributed by atoms with van der Waals surface area (Å²) < 4.78 is 1.82. The average molecular weight is 296 g/mol. The van der Waals surface area contributed by atoms with Gasteiger partial charge in [-0.25, -0.2) is 0 Å². The summed E-state index contributed by atoms with van der Waals surface area (Å²) in [4.78, 5) is 14.4. The Labute approximate surface area is 125 Å². The van der Waals surface area contributed by atoms with Gasteiger partial charge in [-0.2, -0.15) is 16.9 Å². The summed E-state index contributed by atoms with van der Waals surface area (Å²) in [5.74, 6) is 1.14. The SMILES string of the molecule is CSC[C@@H](C)C(=O)N[C@@H]1CCCN(c2cnn(C)c2)C1. The van der Waals surface area contributed by atoms with Crippen LogP contribution in [-0.4, -0.2) is 46.8 Å². The van der Waals surface area contributed by atoms with Crippen LogP contribution in [0, 0.1) is 5.92 Å². The molecule has 6 heteroatoms. The molecule has 20 heavy (non-hydrogen) atoms. The van der Waals surface area contributed by atoms with E-state index in [0.717, 1.165) is 37.4 Å². The molecule has 2 rings (SSSR count). The number of rotatable bonds is 5. The number of hydrogen-bond acceptors (Lipinski definition) is 4. The highest BCUT2D eigenvalue weighted by atomic mass is 32.2. The first kappa shape index (κ1) is 15.2. The lowest BCUT2D eigenvalue weighted by Crippen LogP contribution is -2.49. The lowest BCUT2D eigenvalue weighted by molar-refractivity contribution is -0.124. The maximum Gasteiger partial charge on any atom is 0.223 e. The van der Waals surface area contributed by atoms with E-state index < -0.39 is 0 Å².